The molecule has 0 amide bonds. The summed E-state index contributed by atoms with van der Waals surface area (Å²) >= 11 is 0. The molecule has 4 heteroatoms. The molecule has 0 spiro atoms. The first-order valence-corrected chi connectivity index (χ1v) is 15.4. The monoisotopic (exact) mass is 555 g/mol. The second kappa shape index (κ2) is 9.08. The van der Waals surface area contributed by atoms with E-state index in [0.29, 0.717) is 0 Å². The van der Waals surface area contributed by atoms with E-state index in [1.165, 1.54) is 56.9 Å². The van der Waals surface area contributed by atoms with Gasteiger partial charge in [0.25, 0.3) is 0 Å². The highest BCUT2D eigenvalue weighted by Gasteiger charge is 2.51. The van der Waals surface area contributed by atoms with Crippen LogP contribution < -0.4 is 5.46 Å². The number of para-hydroxylation sites is 1. The molecule has 214 valence electrons. The highest BCUT2D eigenvalue weighted by Crippen LogP contribution is 2.47. The highest BCUT2D eigenvalue weighted by molar-refractivity contribution is 6.62. The molecular weight excluding hydrogens is 513 g/mol. The predicted octanol–water partition coefficient (Wildman–Crippen LogP) is 9.10. The standard InChI is InChI=1S/C38H42BNO2/c1-35(2)21-22-36(3,4)32-23-26(15-19-31(32)35)25-13-17-28(18-14-25)40-33-12-10-9-11-29(33)30-24-27(16-20-34(30)40)39-41-37(5,6)38(7,8)42-39/h9-20,23-24H,21-22H2,1-8H3. The molecule has 42 heavy (non-hydrogen) atoms. The molecule has 0 N–H and O–H groups in total. The van der Waals surface area contributed by atoms with Crippen molar-refractivity contribution in [3.63, 3.8) is 0 Å². The van der Waals surface area contributed by atoms with Crippen LogP contribution in [0.4, 0.5) is 0 Å². The molecule has 2 aliphatic rings. The van der Waals surface area contributed by atoms with E-state index in [0.717, 1.165) is 11.2 Å². The van der Waals surface area contributed by atoms with Crippen LogP contribution in [0.1, 0.15) is 79.4 Å². The maximum absolute atomic E-state index is 6.39. The fourth-order valence-electron chi connectivity index (χ4n) is 6.97. The van der Waals surface area contributed by atoms with Crippen molar-refractivity contribution in [2.75, 3.05) is 0 Å². The predicted molar refractivity (Wildman–Crippen MR) is 177 cm³/mol. The van der Waals surface area contributed by atoms with Crippen molar-refractivity contribution in [1.29, 1.82) is 0 Å². The van der Waals surface area contributed by atoms with Gasteiger partial charge in [-0.3, -0.25) is 0 Å². The van der Waals surface area contributed by atoms with E-state index in [4.69, 9.17) is 9.31 Å². The molecule has 1 aromatic heterocycles. The SMILES string of the molecule is CC1(C)CCC(C)(C)c2cc(-c3ccc(-n4c5ccccc5c5cc(B6OC(C)(C)C(C)(C)O6)ccc54)cc3)ccc21. The molecule has 4 aromatic carbocycles. The van der Waals surface area contributed by atoms with Gasteiger partial charge in [-0.05, 0) is 103 Å². The lowest BCUT2D eigenvalue weighted by atomic mass is 9.63. The molecular formula is C38H42BNO2. The lowest BCUT2D eigenvalue weighted by Crippen LogP contribution is -2.41. The third-order valence-electron chi connectivity index (χ3n) is 10.5. The first-order valence-electron chi connectivity index (χ1n) is 15.4. The number of aromatic nitrogens is 1. The average molecular weight is 556 g/mol. The number of hydrogen-bond acceptors (Lipinski definition) is 2. The molecule has 5 aromatic rings. The van der Waals surface area contributed by atoms with Gasteiger partial charge in [0, 0.05) is 16.5 Å². The lowest BCUT2D eigenvalue weighted by Gasteiger charge is -2.42. The lowest BCUT2D eigenvalue weighted by molar-refractivity contribution is 0.00578. The van der Waals surface area contributed by atoms with E-state index in [-0.39, 0.29) is 29.2 Å². The van der Waals surface area contributed by atoms with E-state index in [9.17, 15) is 0 Å². The Kier molecular flexibility index (Phi) is 5.95. The van der Waals surface area contributed by atoms with Crippen molar-refractivity contribution >= 4 is 34.4 Å². The Bertz CT molecular complexity index is 1830. The summed E-state index contributed by atoms with van der Waals surface area (Å²) in [5.41, 5.74) is 9.83. The quantitative estimate of drug-likeness (QED) is 0.207. The summed E-state index contributed by atoms with van der Waals surface area (Å²) in [6.45, 7) is 18.0. The number of nitrogens with zero attached hydrogens (tertiary/aromatic N) is 1. The van der Waals surface area contributed by atoms with Crippen molar-refractivity contribution in [3.8, 4) is 16.8 Å². The molecule has 1 fully saturated rings. The van der Waals surface area contributed by atoms with E-state index < -0.39 is 0 Å². The molecule has 0 saturated carbocycles. The average Bonchev–Trinajstić information content (AvgIpc) is 3.40. The van der Waals surface area contributed by atoms with Gasteiger partial charge in [-0.15, -0.1) is 0 Å². The topological polar surface area (TPSA) is 23.4 Å². The number of rotatable bonds is 3. The first-order chi connectivity index (χ1) is 19.8. The molecule has 0 bridgehead atoms. The van der Waals surface area contributed by atoms with Crippen LogP contribution in [0.3, 0.4) is 0 Å². The first kappa shape index (κ1) is 27.5. The third-order valence-corrected chi connectivity index (χ3v) is 10.5. The summed E-state index contributed by atoms with van der Waals surface area (Å²) in [6, 6.07) is 31.5. The van der Waals surface area contributed by atoms with Gasteiger partial charge < -0.3 is 13.9 Å². The summed E-state index contributed by atoms with van der Waals surface area (Å²) in [5, 5.41) is 2.44. The van der Waals surface area contributed by atoms with E-state index >= 15 is 0 Å². The van der Waals surface area contributed by atoms with Gasteiger partial charge >= 0.3 is 7.12 Å². The Balaban J connectivity index is 1.29. The number of fused-ring (bicyclic) bond motifs is 4. The zero-order valence-corrected chi connectivity index (χ0v) is 26.3. The minimum absolute atomic E-state index is 0.197. The zero-order valence-electron chi connectivity index (χ0n) is 26.3. The van der Waals surface area contributed by atoms with Gasteiger partial charge in [-0.25, -0.2) is 0 Å². The Morgan fingerprint density at radius 2 is 1.17 bits per heavy atom. The van der Waals surface area contributed by atoms with Gasteiger partial charge in [0.1, 0.15) is 0 Å². The second-order valence-corrected chi connectivity index (χ2v) is 14.8. The van der Waals surface area contributed by atoms with Crippen LogP contribution in [-0.4, -0.2) is 22.9 Å². The third kappa shape index (κ3) is 4.18. The van der Waals surface area contributed by atoms with Gasteiger partial charge in [0.05, 0.1) is 22.2 Å². The van der Waals surface area contributed by atoms with Crippen LogP contribution in [0.5, 0.6) is 0 Å². The van der Waals surface area contributed by atoms with Gasteiger partial charge in [0.15, 0.2) is 0 Å². The molecule has 7 rings (SSSR count). The Morgan fingerprint density at radius 1 is 0.571 bits per heavy atom. The maximum atomic E-state index is 6.39. The molecule has 3 nitrogen and oxygen atoms in total. The summed E-state index contributed by atoms with van der Waals surface area (Å²) in [7, 11) is -0.382. The van der Waals surface area contributed by atoms with Gasteiger partial charge in [0.2, 0.25) is 0 Å². The minimum atomic E-state index is -0.382. The molecule has 1 saturated heterocycles. The van der Waals surface area contributed by atoms with Crippen LogP contribution in [0.15, 0.2) is 84.9 Å². The summed E-state index contributed by atoms with van der Waals surface area (Å²) in [4.78, 5) is 0. The van der Waals surface area contributed by atoms with Gasteiger partial charge in [-0.2, -0.15) is 0 Å². The zero-order chi connectivity index (χ0) is 29.7. The summed E-state index contributed by atoms with van der Waals surface area (Å²) in [6.07, 6.45) is 2.46. The number of benzene rings is 4. The van der Waals surface area contributed by atoms with Crippen LogP contribution in [0.2, 0.25) is 0 Å². The minimum Gasteiger partial charge on any atom is -0.399 e. The summed E-state index contributed by atoms with van der Waals surface area (Å²) < 4.78 is 15.2. The van der Waals surface area contributed by atoms with Gasteiger partial charge in [-0.1, -0.05) is 88.4 Å². The molecule has 1 aliphatic heterocycles. The van der Waals surface area contributed by atoms with E-state index in [1.807, 2.05) is 0 Å². The molecule has 1 aliphatic carbocycles. The van der Waals surface area contributed by atoms with Crippen LogP contribution in [0, 0.1) is 0 Å². The van der Waals surface area contributed by atoms with Crippen molar-refractivity contribution in [3.05, 3.63) is 96.1 Å². The highest BCUT2D eigenvalue weighted by atomic mass is 16.7. The smallest absolute Gasteiger partial charge is 0.399 e. The largest absolute Gasteiger partial charge is 0.494 e. The fraction of sp³-hybridized carbons (Fsp3) is 0.368. The second-order valence-electron chi connectivity index (χ2n) is 14.8. The Hall–Kier alpha value is -3.34. The molecule has 2 heterocycles. The van der Waals surface area contributed by atoms with Crippen molar-refractivity contribution < 1.29 is 9.31 Å². The molecule has 0 unspecified atom stereocenters. The van der Waals surface area contributed by atoms with Crippen molar-refractivity contribution in [2.45, 2.75) is 90.3 Å². The Labute approximate surface area is 251 Å². The normalized spacial score (nSPS) is 20.2. The Morgan fingerprint density at radius 3 is 1.86 bits per heavy atom. The van der Waals surface area contributed by atoms with Crippen molar-refractivity contribution in [1.82, 2.24) is 4.57 Å². The van der Waals surface area contributed by atoms with E-state index in [2.05, 4.69) is 145 Å². The van der Waals surface area contributed by atoms with Crippen molar-refractivity contribution in [2.24, 2.45) is 0 Å². The van der Waals surface area contributed by atoms with Crippen LogP contribution in [-0.2, 0) is 20.1 Å². The van der Waals surface area contributed by atoms with Crippen LogP contribution in [0.25, 0.3) is 38.6 Å². The molecule has 0 radical (unpaired) electrons. The summed E-state index contributed by atoms with van der Waals surface area (Å²) in [5.74, 6) is 0. The fourth-order valence-corrected chi connectivity index (χ4v) is 6.97. The van der Waals surface area contributed by atoms with E-state index in [1.54, 1.807) is 0 Å². The number of hydrogen-bond donors (Lipinski definition) is 0. The molecule has 0 atom stereocenters. The maximum Gasteiger partial charge on any atom is 0.494 e. The van der Waals surface area contributed by atoms with Crippen LogP contribution >= 0.6 is 0 Å².